The molecular formula is C12H19NO3S. The van der Waals surface area contributed by atoms with E-state index < -0.39 is 9.84 Å². The van der Waals surface area contributed by atoms with Gasteiger partial charge in [-0.05, 0) is 31.5 Å². The van der Waals surface area contributed by atoms with Gasteiger partial charge >= 0.3 is 0 Å². The lowest BCUT2D eigenvalue weighted by Gasteiger charge is -2.19. The van der Waals surface area contributed by atoms with E-state index in [0.717, 1.165) is 24.4 Å². The average molecular weight is 257 g/mol. The third-order valence-electron chi connectivity index (χ3n) is 3.39. The summed E-state index contributed by atoms with van der Waals surface area (Å²) in [5.74, 6) is 2.49. The molecule has 0 aliphatic carbocycles. The lowest BCUT2D eigenvalue weighted by Crippen LogP contribution is -2.25. The number of nitrogens with one attached hydrogen (secondary N) is 1. The molecule has 1 fully saturated rings. The molecule has 2 atom stereocenters. The lowest BCUT2D eigenvalue weighted by molar-refractivity contribution is 0.337. The van der Waals surface area contributed by atoms with Crippen molar-refractivity contribution in [3.63, 3.8) is 0 Å². The topological polar surface area (TPSA) is 59.3 Å². The summed E-state index contributed by atoms with van der Waals surface area (Å²) in [4.78, 5) is 0. The van der Waals surface area contributed by atoms with Crippen LogP contribution in [-0.2, 0) is 16.3 Å². The standard InChI is InChI=1S/C12H19NO3S/c1-3-10-4-5-11(16-10)12(13-2)9-6-7-17(14,15)8-9/h4-5,9,12-13H,3,6-8H2,1-2H3. The van der Waals surface area contributed by atoms with Gasteiger partial charge in [0.1, 0.15) is 11.5 Å². The van der Waals surface area contributed by atoms with E-state index in [0.29, 0.717) is 5.75 Å². The van der Waals surface area contributed by atoms with Crippen molar-refractivity contribution >= 4 is 9.84 Å². The summed E-state index contributed by atoms with van der Waals surface area (Å²) >= 11 is 0. The number of hydrogen-bond donors (Lipinski definition) is 1. The Morgan fingerprint density at radius 3 is 2.76 bits per heavy atom. The summed E-state index contributed by atoms with van der Waals surface area (Å²) < 4.78 is 28.7. The van der Waals surface area contributed by atoms with Gasteiger partial charge in [0, 0.05) is 6.42 Å². The smallest absolute Gasteiger partial charge is 0.150 e. The lowest BCUT2D eigenvalue weighted by atomic mass is 9.97. The minimum Gasteiger partial charge on any atom is -0.464 e. The van der Waals surface area contributed by atoms with Crippen molar-refractivity contribution in [1.29, 1.82) is 0 Å². The molecule has 0 amide bonds. The molecule has 96 valence electrons. The molecule has 1 aromatic heterocycles. The van der Waals surface area contributed by atoms with Crippen LogP contribution >= 0.6 is 0 Å². The van der Waals surface area contributed by atoms with E-state index in [9.17, 15) is 8.42 Å². The Hall–Kier alpha value is -0.810. The zero-order valence-corrected chi connectivity index (χ0v) is 11.1. The Kier molecular flexibility index (Phi) is 3.58. The maximum atomic E-state index is 11.5. The number of hydrogen-bond acceptors (Lipinski definition) is 4. The van der Waals surface area contributed by atoms with Gasteiger partial charge in [-0.2, -0.15) is 0 Å². The fraction of sp³-hybridized carbons (Fsp3) is 0.667. The van der Waals surface area contributed by atoms with Gasteiger partial charge in [0.05, 0.1) is 17.5 Å². The molecule has 1 N–H and O–H groups in total. The van der Waals surface area contributed by atoms with Gasteiger partial charge < -0.3 is 9.73 Å². The largest absolute Gasteiger partial charge is 0.464 e. The number of aryl methyl sites for hydroxylation is 1. The van der Waals surface area contributed by atoms with E-state index in [1.54, 1.807) is 0 Å². The van der Waals surface area contributed by atoms with Crippen LogP contribution in [0.1, 0.15) is 30.9 Å². The van der Waals surface area contributed by atoms with Crippen LogP contribution in [0.2, 0.25) is 0 Å². The van der Waals surface area contributed by atoms with Crippen LogP contribution in [0.3, 0.4) is 0 Å². The number of furan rings is 1. The first-order valence-electron chi connectivity index (χ1n) is 6.02. The molecule has 0 saturated carbocycles. The normalized spacial score (nSPS) is 24.9. The van der Waals surface area contributed by atoms with Crippen LogP contribution in [0.25, 0.3) is 0 Å². The minimum atomic E-state index is -2.84. The fourth-order valence-corrected chi connectivity index (χ4v) is 4.29. The summed E-state index contributed by atoms with van der Waals surface area (Å²) in [5, 5.41) is 3.18. The molecule has 5 heteroatoms. The molecule has 1 aliphatic heterocycles. The van der Waals surface area contributed by atoms with Gasteiger partial charge in [-0.25, -0.2) is 8.42 Å². The molecule has 2 unspecified atom stereocenters. The van der Waals surface area contributed by atoms with E-state index >= 15 is 0 Å². The zero-order valence-electron chi connectivity index (χ0n) is 10.3. The maximum absolute atomic E-state index is 11.5. The van der Waals surface area contributed by atoms with E-state index in [-0.39, 0.29) is 17.7 Å². The van der Waals surface area contributed by atoms with Crippen molar-refractivity contribution in [2.75, 3.05) is 18.6 Å². The number of rotatable bonds is 4. The van der Waals surface area contributed by atoms with Gasteiger partial charge in [-0.15, -0.1) is 0 Å². The van der Waals surface area contributed by atoms with Crippen molar-refractivity contribution in [3.05, 3.63) is 23.7 Å². The third kappa shape index (κ3) is 2.72. The second-order valence-corrected chi connectivity index (χ2v) is 6.82. The molecule has 1 aromatic rings. The number of sulfone groups is 1. The molecule has 0 spiro atoms. The van der Waals surface area contributed by atoms with Crippen LogP contribution in [-0.4, -0.2) is 27.0 Å². The molecule has 1 aliphatic rings. The van der Waals surface area contributed by atoms with Crippen molar-refractivity contribution in [2.24, 2.45) is 5.92 Å². The second kappa shape index (κ2) is 4.82. The Balaban J connectivity index is 2.17. The quantitative estimate of drug-likeness (QED) is 0.889. The molecule has 2 heterocycles. The van der Waals surface area contributed by atoms with E-state index in [4.69, 9.17) is 4.42 Å². The predicted octanol–water partition coefficient (Wildman–Crippen LogP) is 1.54. The first-order chi connectivity index (χ1) is 8.05. The van der Waals surface area contributed by atoms with E-state index in [1.165, 1.54) is 0 Å². The van der Waals surface area contributed by atoms with Gasteiger partial charge in [-0.1, -0.05) is 6.92 Å². The zero-order chi connectivity index (χ0) is 12.5. The summed E-state index contributed by atoms with van der Waals surface area (Å²) in [6.45, 7) is 2.04. The van der Waals surface area contributed by atoms with Gasteiger partial charge in [-0.3, -0.25) is 0 Å². The van der Waals surface area contributed by atoms with Crippen LogP contribution in [0, 0.1) is 5.92 Å². The SMILES string of the molecule is CCc1ccc(C(NC)C2CCS(=O)(=O)C2)o1. The first-order valence-corrected chi connectivity index (χ1v) is 7.84. The minimum absolute atomic E-state index is 0.00701. The van der Waals surface area contributed by atoms with Crippen molar-refractivity contribution in [1.82, 2.24) is 5.32 Å². The van der Waals surface area contributed by atoms with E-state index in [1.807, 2.05) is 26.1 Å². The molecule has 1 saturated heterocycles. The summed E-state index contributed by atoms with van der Waals surface area (Å²) in [6, 6.07) is 3.92. The van der Waals surface area contributed by atoms with Gasteiger partial charge in [0.2, 0.25) is 0 Å². The monoisotopic (exact) mass is 257 g/mol. The molecular weight excluding hydrogens is 238 g/mol. The van der Waals surface area contributed by atoms with Crippen molar-refractivity contribution in [2.45, 2.75) is 25.8 Å². The van der Waals surface area contributed by atoms with E-state index in [2.05, 4.69) is 5.32 Å². The van der Waals surface area contributed by atoms with Crippen LogP contribution in [0.15, 0.2) is 16.5 Å². The highest BCUT2D eigenvalue weighted by Crippen LogP contribution is 2.32. The Labute approximate surface area is 102 Å². The molecule has 2 rings (SSSR count). The predicted molar refractivity (Wildman–Crippen MR) is 66.6 cm³/mol. The fourth-order valence-electron chi connectivity index (χ4n) is 2.45. The Morgan fingerprint density at radius 1 is 1.53 bits per heavy atom. The molecule has 4 nitrogen and oxygen atoms in total. The van der Waals surface area contributed by atoms with Crippen molar-refractivity contribution < 1.29 is 12.8 Å². The average Bonchev–Trinajstić information content (AvgIpc) is 2.87. The van der Waals surface area contributed by atoms with Gasteiger partial charge in [0.25, 0.3) is 0 Å². The van der Waals surface area contributed by atoms with Gasteiger partial charge in [0.15, 0.2) is 9.84 Å². The highest BCUT2D eigenvalue weighted by molar-refractivity contribution is 7.91. The Morgan fingerprint density at radius 2 is 2.29 bits per heavy atom. The third-order valence-corrected chi connectivity index (χ3v) is 5.18. The maximum Gasteiger partial charge on any atom is 0.150 e. The highest BCUT2D eigenvalue weighted by Gasteiger charge is 2.35. The molecule has 17 heavy (non-hydrogen) atoms. The van der Waals surface area contributed by atoms with Crippen molar-refractivity contribution in [3.8, 4) is 0 Å². The van der Waals surface area contributed by atoms with Crippen LogP contribution in [0.4, 0.5) is 0 Å². The summed E-state index contributed by atoms with van der Waals surface area (Å²) in [5.41, 5.74) is 0. The van der Waals surface area contributed by atoms with Crippen LogP contribution < -0.4 is 5.32 Å². The second-order valence-electron chi connectivity index (χ2n) is 4.59. The molecule has 0 radical (unpaired) electrons. The molecule has 0 bridgehead atoms. The first kappa shape index (κ1) is 12.6. The summed E-state index contributed by atoms with van der Waals surface area (Å²) in [7, 11) is -0.988. The molecule has 0 aromatic carbocycles. The summed E-state index contributed by atoms with van der Waals surface area (Å²) in [6.07, 6.45) is 1.58. The highest BCUT2D eigenvalue weighted by atomic mass is 32.2. The Bertz CT molecular complexity index is 478. The van der Waals surface area contributed by atoms with Crippen LogP contribution in [0.5, 0.6) is 0 Å².